The molecule has 0 amide bonds. The summed E-state index contributed by atoms with van der Waals surface area (Å²) in [7, 11) is -3.20. The summed E-state index contributed by atoms with van der Waals surface area (Å²) < 4.78 is 23.0. The van der Waals surface area contributed by atoms with E-state index in [1.807, 2.05) is 0 Å². The molecule has 4 nitrogen and oxygen atoms in total. The Morgan fingerprint density at radius 1 is 1.17 bits per heavy atom. The summed E-state index contributed by atoms with van der Waals surface area (Å²) in [6.07, 6.45) is 6.31. The standard InChI is InChI=1S/C19H24N2O2S/c1-15-4-3-12-21(15)13-11-16-5-7-17(8-6-16)19-10-9-18(14-20-19)24(2,22)23/h5-10,14-15H,3-4,11-13H2,1-2H3/t15-/m1/s1. The zero-order valence-corrected chi connectivity index (χ0v) is 15.1. The maximum Gasteiger partial charge on any atom is 0.177 e. The highest BCUT2D eigenvalue weighted by Crippen LogP contribution is 2.20. The highest BCUT2D eigenvalue weighted by Gasteiger charge is 2.19. The Bertz CT molecular complexity index is 783. The van der Waals surface area contributed by atoms with E-state index in [-0.39, 0.29) is 4.90 Å². The van der Waals surface area contributed by atoms with Gasteiger partial charge in [0.1, 0.15) is 0 Å². The maximum absolute atomic E-state index is 11.5. The van der Waals surface area contributed by atoms with Gasteiger partial charge in [-0.2, -0.15) is 0 Å². The number of nitrogens with zero attached hydrogens (tertiary/aromatic N) is 2. The third kappa shape index (κ3) is 4.02. The SMILES string of the molecule is C[C@@H]1CCCN1CCc1ccc(-c2ccc(S(C)(=O)=O)cn2)cc1. The molecule has 0 N–H and O–H groups in total. The smallest absolute Gasteiger partial charge is 0.177 e. The van der Waals surface area contributed by atoms with Crippen LogP contribution in [0.4, 0.5) is 0 Å². The van der Waals surface area contributed by atoms with Crippen molar-refractivity contribution in [3.8, 4) is 11.3 Å². The zero-order valence-electron chi connectivity index (χ0n) is 14.3. The molecule has 5 heteroatoms. The molecule has 0 aliphatic carbocycles. The average Bonchev–Trinajstić information content (AvgIpc) is 2.98. The highest BCUT2D eigenvalue weighted by atomic mass is 32.2. The molecule has 128 valence electrons. The number of hydrogen-bond donors (Lipinski definition) is 0. The zero-order chi connectivity index (χ0) is 17.2. The van der Waals surface area contributed by atoms with Gasteiger partial charge in [0, 0.05) is 30.6 Å². The number of aromatic nitrogens is 1. The van der Waals surface area contributed by atoms with Gasteiger partial charge in [0.05, 0.1) is 10.6 Å². The van der Waals surface area contributed by atoms with Crippen molar-refractivity contribution in [2.75, 3.05) is 19.3 Å². The summed E-state index contributed by atoms with van der Waals surface area (Å²) in [4.78, 5) is 7.08. The molecule has 1 aliphatic rings. The van der Waals surface area contributed by atoms with Crippen LogP contribution in [0.1, 0.15) is 25.3 Å². The van der Waals surface area contributed by atoms with Crippen molar-refractivity contribution in [2.45, 2.75) is 37.1 Å². The van der Waals surface area contributed by atoms with Crippen LogP contribution in [-0.4, -0.2) is 43.7 Å². The summed E-state index contributed by atoms with van der Waals surface area (Å²) in [5.74, 6) is 0. The van der Waals surface area contributed by atoms with Gasteiger partial charge in [0.15, 0.2) is 9.84 Å². The topological polar surface area (TPSA) is 50.3 Å². The van der Waals surface area contributed by atoms with E-state index in [1.165, 1.54) is 37.4 Å². The molecule has 24 heavy (non-hydrogen) atoms. The molecule has 0 saturated carbocycles. The first-order valence-electron chi connectivity index (χ1n) is 8.43. The van der Waals surface area contributed by atoms with Crippen LogP contribution in [0.15, 0.2) is 47.5 Å². The number of likely N-dealkylation sites (tertiary alicyclic amines) is 1. The van der Waals surface area contributed by atoms with Gasteiger partial charge in [-0.1, -0.05) is 24.3 Å². The maximum atomic E-state index is 11.5. The van der Waals surface area contributed by atoms with E-state index in [1.54, 1.807) is 12.1 Å². The second kappa shape index (κ2) is 7.03. The third-order valence-corrected chi connectivity index (χ3v) is 5.89. The lowest BCUT2D eigenvalue weighted by molar-refractivity contribution is 0.272. The minimum Gasteiger partial charge on any atom is -0.300 e. The Kier molecular flexibility index (Phi) is 5.01. The molecule has 1 fully saturated rings. The van der Waals surface area contributed by atoms with Crippen LogP contribution in [0.25, 0.3) is 11.3 Å². The van der Waals surface area contributed by atoms with Gasteiger partial charge in [-0.05, 0) is 50.4 Å². The van der Waals surface area contributed by atoms with Crippen LogP contribution >= 0.6 is 0 Å². The minimum absolute atomic E-state index is 0.252. The van der Waals surface area contributed by atoms with E-state index in [4.69, 9.17) is 0 Å². The van der Waals surface area contributed by atoms with Gasteiger partial charge in [0.2, 0.25) is 0 Å². The van der Waals surface area contributed by atoms with Crippen molar-refractivity contribution in [3.05, 3.63) is 48.2 Å². The van der Waals surface area contributed by atoms with Crippen LogP contribution in [0, 0.1) is 0 Å². The molecule has 0 radical (unpaired) electrons. The summed E-state index contributed by atoms with van der Waals surface area (Å²) in [6, 6.07) is 12.5. The molecule has 1 aromatic carbocycles. The first-order chi connectivity index (χ1) is 11.4. The fourth-order valence-corrected chi connectivity index (χ4v) is 3.77. The third-order valence-electron chi connectivity index (χ3n) is 4.79. The molecule has 1 atom stereocenters. The largest absolute Gasteiger partial charge is 0.300 e. The van der Waals surface area contributed by atoms with Gasteiger partial charge < -0.3 is 4.90 Å². The van der Waals surface area contributed by atoms with E-state index < -0.39 is 9.84 Å². The van der Waals surface area contributed by atoms with Crippen LogP contribution in [-0.2, 0) is 16.3 Å². The van der Waals surface area contributed by atoms with Crippen molar-refractivity contribution >= 4 is 9.84 Å². The van der Waals surface area contributed by atoms with E-state index in [0.717, 1.165) is 24.2 Å². The van der Waals surface area contributed by atoms with E-state index in [0.29, 0.717) is 6.04 Å². The number of pyridine rings is 1. The molecule has 1 aromatic heterocycles. The number of rotatable bonds is 5. The molecule has 1 saturated heterocycles. The van der Waals surface area contributed by atoms with Crippen molar-refractivity contribution in [1.82, 2.24) is 9.88 Å². The lowest BCUT2D eigenvalue weighted by atomic mass is 10.1. The second-order valence-corrected chi connectivity index (χ2v) is 8.64. The molecule has 3 rings (SSSR count). The van der Waals surface area contributed by atoms with Crippen molar-refractivity contribution < 1.29 is 8.42 Å². The first kappa shape index (κ1) is 17.1. The van der Waals surface area contributed by atoms with Crippen molar-refractivity contribution in [1.29, 1.82) is 0 Å². The van der Waals surface area contributed by atoms with Crippen LogP contribution in [0.2, 0.25) is 0 Å². The van der Waals surface area contributed by atoms with Gasteiger partial charge in [-0.3, -0.25) is 4.98 Å². The first-order valence-corrected chi connectivity index (χ1v) is 10.3. The number of hydrogen-bond acceptors (Lipinski definition) is 4. The van der Waals surface area contributed by atoms with E-state index in [2.05, 4.69) is 41.1 Å². The van der Waals surface area contributed by atoms with E-state index >= 15 is 0 Å². The quantitative estimate of drug-likeness (QED) is 0.836. The molecule has 0 bridgehead atoms. The van der Waals surface area contributed by atoms with Crippen LogP contribution in [0.3, 0.4) is 0 Å². The Labute approximate surface area is 144 Å². The monoisotopic (exact) mass is 344 g/mol. The Hall–Kier alpha value is -1.72. The molecule has 0 spiro atoms. The highest BCUT2D eigenvalue weighted by molar-refractivity contribution is 7.90. The van der Waals surface area contributed by atoms with E-state index in [9.17, 15) is 8.42 Å². The molecule has 2 aromatic rings. The molecule has 0 unspecified atom stereocenters. The minimum atomic E-state index is -3.20. The lowest BCUT2D eigenvalue weighted by Crippen LogP contribution is -2.28. The number of sulfone groups is 1. The fraction of sp³-hybridized carbons (Fsp3) is 0.421. The lowest BCUT2D eigenvalue weighted by Gasteiger charge is -2.20. The molecule has 1 aliphatic heterocycles. The van der Waals surface area contributed by atoms with Gasteiger partial charge in [0.25, 0.3) is 0 Å². The summed E-state index contributed by atoms with van der Waals surface area (Å²) >= 11 is 0. The van der Waals surface area contributed by atoms with Crippen LogP contribution < -0.4 is 0 Å². The predicted octanol–water partition coefficient (Wildman–Crippen LogP) is 3.18. The molecular formula is C19H24N2O2S. The summed E-state index contributed by atoms with van der Waals surface area (Å²) in [5, 5.41) is 0. The van der Waals surface area contributed by atoms with Crippen molar-refractivity contribution in [3.63, 3.8) is 0 Å². The predicted molar refractivity (Wildman–Crippen MR) is 96.8 cm³/mol. The second-order valence-electron chi connectivity index (χ2n) is 6.63. The van der Waals surface area contributed by atoms with Crippen LogP contribution in [0.5, 0.6) is 0 Å². The number of benzene rings is 1. The average molecular weight is 344 g/mol. The Morgan fingerprint density at radius 2 is 1.92 bits per heavy atom. The van der Waals surface area contributed by atoms with Crippen molar-refractivity contribution in [2.24, 2.45) is 0 Å². The van der Waals surface area contributed by atoms with Gasteiger partial charge in [-0.25, -0.2) is 8.42 Å². The normalized spacial score (nSPS) is 18.8. The Morgan fingerprint density at radius 3 is 2.46 bits per heavy atom. The fourth-order valence-electron chi connectivity index (χ4n) is 3.21. The van der Waals surface area contributed by atoms with Gasteiger partial charge >= 0.3 is 0 Å². The summed E-state index contributed by atoms with van der Waals surface area (Å²) in [6.45, 7) is 4.64. The summed E-state index contributed by atoms with van der Waals surface area (Å²) in [5.41, 5.74) is 3.13. The molecule has 2 heterocycles. The van der Waals surface area contributed by atoms with Gasteiger partial charge in [-0.15, -0.1) is 0 Å². The molecular weight excluding hydrogens is 320 g/mol. The Balaban J connectivity index is 1.65.